The van der Waals surface area contributed by atoms with E-state index in [0.717, 1.165) is 25.3 Å². The number of nitrogens with one attached hydrogen (secondary N) is 1. The number of methoxy groups -OCH3 is 1. The Morgan fingerprint density at radius 2 is 2.50 bits per heavy atom. The molecule has 2 heteroatoms. The standard InChI is InChI=1S/C10H14NO/c1-12-9-5-8-11-10-6-3-2-4-7-10/h2-3,6-7,11H,5,8-9H2,1H3. The van der Waals surface area contributed by atoms with Gasteiger partial charge in [0.2, 0.25) is 0 Å². The van der Waals surface area contributed by atoms with Crippen molar-refractivity contribution in [3.05, 3.63) is 30.3 Å². The molecule has 0 aliphatic heterocycles. The predicted molar refractivity (Wildman–Crippen MR) is 50.3 cm³/mol. The molecule has 0 aromatic heterocycles. The Morgan fingerprint density at radius 3 is 3.17 bits per heavy atom. The molecule has 0 unspecified atom stereocenters. The van der Waals surface area contributed by atoms with Crippen LogP contribution < -0.4 is 5.32 Å². The lowest BCUT2D eigenvalue weighted by Crippen LogP contribution is -2.04. The first-order valence-corrected chi connectivity index (χ1v) is 4.12. The lowest BCUT2D eigenvalue weighted by atomic mass is 10.3. The lowest BCUT2D eigenvalue weighted by Gasteiger charge is -2.04. The molecule has 0 spiro atoms. The largest absolute Gasteiger partial charge is 0.385 e. The third-order valence-corrected chi connectivity index (χ3v) is 1.56. The Hall–Kier alpha value is -1.02. The Kier molecular flexibility index (Phi) is 4.24. The van der Waals surface area contributed by atoms with Gasteiger partial charge in [-0.1, -0.05) is 12.1 Å². The fraction of sp³-hybridized carbons (Fsp3) is 0.400. The lowest BCUT2D eigenvalue weighted by molar-refractivity contribution is 0.198. The van der Waals surface area contributed by atoms with Gasteiger partial charge in [0.1, 0.15) is 0 Å². The van der Waals surface area contributed by atoms with Crippen molar-refractivity contribution < 1.29 is 4.74 Å². The SMILES string of the molecule is COCCCNc1c[c]ccc1. The van der Waals surface area contributed by atoms with Gasteiger partial charge in [-0.2, -0.15) is 0 Å². The van der Waals surface area contributed by atoms with Crippen molar-refractivity contribution in [1.29, 1.82) is 0 Å². The molecule has 1 aromatic carbocycles. The highest BCUT2D eigenvalue weighted by Crippen LogP contribution is 2.03. The van der Waals surface area contributed by atoms with E-state index in [-0.39, 0.29) is 0 Å². The van der Waals surface area contributed by atoms with E-state index in [0.29, 0.717) is 0 Å². The van der Waals surface area contributed by atoms with E-state index in [2.05, 4.69) is 11.4 Å². The minimum atomic E-state index is 0.809. The summed E-state index contributed by atoms with van der Waals surface area (Å²) in [5.74, 6) is 0. The molecule has 0 aliphatic carbocycles. The number of hydrogen-bond donors (Lipinski definition) is 1. The second kappa shape index (κ2) is 5.61. The molecule has 1 radical (unpaired) electrons. The normalized spacial score (nSPS) is 9.75. The Morgan fingerprint density at radius 1 is 1.58 bits per heavy atom. The quantitative estimate of drug-likeness (QED) is 0.671. The molecular weight excluding hydrogens is 150 g/mol. The highest BCUT2D eigenvalue weighted by molar-refractivity contribution is 5.41. The monoisotopic (exact) mass is 164 g/mol. The summed E-state index contributed by atoms with van der Waals surface area (Å²) in [6, 6.07) is 10.8. The Bertz CT molecular complexity index is 198. The van der Waals surface area contributed by atoms with Crippen LogP contribution in [0.5, 0.6) is 0 Å². The molecule has 2 nitrogen and oxygen atoms in total. The van der Waals surface area contributed by atoms with Crippen molar-refractivity contribution in [2.24, 2.45) is 0 Å². The molecule has 65 valence electrons. The molecule has 1 rings (SSSR count). The predicted octanol–water partition coefficient (Wildman–Crippen LogP) is 1.94. The molecule has 12 heavy (non-hydrogen) atoms. The molecule has 1 aromatic rings. The van der Waals surface area contributed by atoms with Crippen LogP contribution in [0.1, 0.15) is 6.42 Å². The van der Waals surface area contributed by atoms with Crippen LogP contribution in [0.3, 0.4) is 0 Å². The van der Waals surface area contributed by atoms with Gasteiger partial charge in [-0.05, 0) is 24.6 Å². The van der Waals surface area contributed by atoms with Crippen LogP contribution in [0.2, 0.25) is 0 Å². The molecule has 0 atom stereocenters. The topological polar surface area (TPSA) is 21.3 Å². The maximum Gasteiger partial charge on any atom is 0.0479 e. The number of ether oxygens (including phenoxy) is 1. The van der Waals surface area contributed by atoms with Gasteiger partial charge in [0.15, 0.2) is 0 Å². The van der Waals surface area contributed by atoms with Crippen LogP contribution >= 0.6 is 0 Å². The highest BCUT2D eigenvalue weighted by Gasteiger charge is 1.88. The van der Waals surface area contributed by atoms with Gasteiger partial charge in [-0.25, -0.2) is 0 Å². The summed E-state index contributed by atoms with van der Waals surface area (Å²) in [5, 5.41) is 3.27. The first kappa shape index (κ1) is 9.07. The summed E-state index contributed by atoms with van der Waals surface area (Å²) >= 11 is 0. The fourth-order valence-corrected chi connectivity index (χ4v) is 0.953. The second-order valence-electron chi connectivity index (χ2n) is 2.57. The Labute approximate surface area is 73.6 Å². The zero-order valence-corrected chi connectivity index (χ0v) is 7.34. The van der Waals surface area contributed by atoms with E-state index in [1.54, 1.807) is 7.11 Å². The molecule has 0 fully saturated rings. The highest BCUT2D eigenvalue weighted by atomic mass is 16.5. The van der Waals surface area contributed by atoms with Gasteiger partial charge >= 0.3 is 0 Å². The van der Waals surface area contributed by atoms with E-state index in [4.69, 9.17) is 4.74 Å². The summed E-state index contributed by atoms with van der Waals surface area (Å²) < 4.78 is 4.93. The maximum absolute atomic E-state index is 4.93. The van der Waals surface area contributed by atoms with Crippen molar-refractivity contribution in [2.75, 3.05) is 25.6 Å². The van der Waals surface area contributed by atoms with Crippen molar-refractivity contribution in [3.63, 3.8) is 0 Å². The maximum atomic E-state index is 4.93. The fourth-order valence-electron chi connectivity index (χ4n) is 0.953. The summed E-state index contributed by atoms with van der Waals surface area (Å²) in [6.45, 7) is 1.76. The molecule has 0 heterocycles. The van der Waals surface area contributed by atoms with Crippen LogP contribution in [-0.2, 0) is 4.74 Å². The average Bonchev–Trinajstić information content (AvgIpc) is 2.14. The smallest absolute Gasteiger partial charge is 0.0479 e. The Balaban J connectivity index is 2.16. The van der Waals surface area contributed by atoms with Crippen molar-refractivity contribution >= 4 is 5.69 Å². The minimum Gasteiger partial charge on any atom is -0.385 e. The number of hydrogen-bond acceptors (Lipinski definition) is 2. The van der Waals surface area contributed by atoms with E-state index in [1.807, 2.05) is 24.3 Å². The molecule has 0 aliphatic rings. The van der Waals surface area contributed by atoms with E-state index in [1.165, 1.54) is 0 Å². The van der Waals surface area contributed by atoms with Gasteiger partial charge in [0.05, 0.1) is 0 Å². The van der Waals surface area contributed by atoms with E-state index >= 15 is 0 Å². The van der Waals surface area contributed by atoms with Crippen LogP contribution in [0.15, 0.2) is 24.3 Å². The van der Waals surface area contributed by atoms with Gasteiger partial charge < -0.3 is 10.1 Å². The average molecular weight is 164 g/mol. The molecule has 0 bridgehead atoms. The third kappa shape index (κ3) is 3.39. The van der Waals surface area contributed by atoms with Crippen LogP contribution in [0.25, 0.3) is 0 Å². The van der Waals surface area contributed by atoms with Gasteiger partial charge in [0.25, 0.3) is 0 Å². The molecule has 0 saturated carbocycles. The molecule has 1 N–H and O–H groups in total. The summed E-state index contributed by atoms with van der Waals surface area (Å²) in [6.07, 6.45) is 1.03. The zero-order valence-electron chi connectivity index (χ0n) is 7.34. The van der Waals surface area contributed by atoms with Crippen molar-refractivity contribution in [3.8, 4) is 0 Å². The van der Waals surface area contributed by atoms with Crippen LogP contribution in [0, 0.1) is 6.07 Å². The van der Waals surface area contributed by atoms with Gasteiger partial charge in [0, 0.05) is 25.9 Å². The van der Waals surface area contributed by atoms with Crippen LogP contribution in [-0.4, -0.2) is 20.3 Å². The summed E-state index contributed by atoms with van der Waals surface area (Å²) in [7, 11) is 1.72. The molecule has 0 saturated heterocycles. The third-order valence-electron chi connectivity index (χ3n) is 1.56. The molecule has 0 amide bonds. The summed E-state index contributed by atoms with van der Waals surface area (Å²) in [5.41, 5.74) is 1.12. The van der Waals surface area contributed by atoms with E-state index in [9.17, 15) is 0 Å². The van der Waals surface area contributed by atoms with Crippen LogP contribution in [0.4, 0.5) is 5.69 Å². The number of rotatable bonds is 5. The van der Waals surface area contributed by atoms with Gasteiger partial charge in [-0.15, -0.1) is 0 Å². The second-order valence-corrected chi connectivity index (χ2v) is 2.57. The first-order chi connectivity index (χ1) is 5.93. The summed E-state index contributed by atoms with van der Waals surface area (Å²) in [4.78, 5) is 0. The number of anilines is 1. The van der Waals surface area contributed by atoms with Gasteiger partial charge in [-0.3, -0.25) is 0 Å². The number of benzene rings is 1. The van der Waals surface area contributed by atoms with Crippen molar-refractivity contribution in [2.45, 2.75) is 6.42 Å². The minimum absolute atomic E-state index is 0.809. The zero-order chi connectivity index (χ0) is 8.65. The van der Waals surface area contributed by atoms with Crippen molar-refractivity contribution in [1.82, 2.24) is 0 Å². The first-order valence-electron chi connectivity index (χ1n) is 4.12. The van der Waals surface area contributed by atoms with E-state index < -0.39 is 0 Å². The molecular formula is C10H14NO.